The van der Waals surface area contributed by atoms with E-state index in [9.17, 15) is 12.8 Å². The smallest absolute Gasteiger partial charge is 0.264 e. The topological polar surface area (TPSA) is 55.8 Å². The van der Waals surface area contributed by atoms with E-state index in [1.54, 1.807) is 0 Å². The average Bonchev–Trinajstić information content (AvgIpc) is 2.61. The second kappa shape index (κ2) is 7.76. The van der Waals surface area contributed by atoms with Crippen LogP contribution in [0.25, 0.3) is 0 Å². The summed E-state index contributed by atoms with van der Waals surface area (Å²) in [7, 11) is -1.09. The highest BCUT2D eigenvalue weighted by molar-refractivity contribution is 7.92. The Hall–Kier alpha value is -2.25. The molecule has 0 unspecified atom stereocenters. The van der Waals surface area contributed by atoms with Crippen LogP contribution in [-0.2, 0) is 10.0 Å². The monoisotopic (exact) mass is 385 g/mol. The van der Waals surface area contributed by atoms with Gasteiger partial charge in [-0.05, 0) is 30.3 Å². The number of halogens is 2. The summed E-state index contributed by atoms with van der Waals surface area (Å²) in [6.07, 6.45) is 1.43. The third kappa shape index (κ3) is 3.88. The van der Waals surface area contributed by atoms with Crippen LogP contribution in [0.1, 0.15) is 0 Å². The van der Waals surface area contributed by atoms with Crippen LogP contribution < -0.4 is 13.8 Å². The molecule has 8 heteroatoms. The van der Waals surface area contributed by atoms with Crippen molar-refractivity contribution in [1.82, 2.24) is 0 Å². The number of rotatable bonds is 7. The van der Waals surface area contributed by atoms with Gasteiger partial charge >= 0.3 is 0 Å². The highest BCUT2D eigenvalue weighted by Gasteiger charge is 2.26. The predicted molar refractivity (Wildman–Crippen MR) is 95.7 cm³/mol. The second-order valence-electron chi connectivity index (χ2n) is 4.94. The Kier molecular flexibility index (Phi) is 5.92. The number of methoxy groups -OCH3 is 2. The largest absolute Gasteiger partial charge is 0.493 e. The van der Waals surface area contributed by atoms with E-state index in [0.717, 1.165) is 10.4 Å². The Morgan fingerprint density at radius 1 is 1.16 bits per heavy atom. The molecule has 0 N–H and O–H groups in total. The third-order valence-corrected chi connectivity index (χ3v) is 5.51. The quantitative estimate of drug-likeness (QED) is 0.679. The molecule has 0 fully saturated rings. The molecule has 0 amide bonds. The summed E-state index contributed by atoms with van der Waals surface area (Å²) in [5.41, 5.74) is 0.223. The van der Waals surface area contributed by atoms with Gasteiger partial charge in [0, 0.05) is 6.07 Å². The molecule has 0 aliphatic rings. The number of sulfonamides is 1. The van der Waals surface area contributed by atoms with Gasteiger partial charge in [0.15, 0.2) is 11.5 Å². The molecule has 0 saturated carbocycles. The minimum Gasteiger partial charge on any atom is -0.493 e. The zero-order chi connectivity index (χ0) is 18.6. The molecule has 0 aliphatic carbocycles. The van der Waals surface area contributed by atoms with E-state index in [1.807, 2.05) is 0 Å². The Morgan fingerprint density at radius 2 is 1.84 bits per heavy atom. The van der Waals surface area contributed by atoms with Gasteiger partial charge in [0.25, 0.3) is 10.0 Å². The first-order chi connectivity index (χ1) is 11.8. The number of ether oxygens (including phenoxy) is 2. The summed E-state index contributed by atoms with van der Waals surface area (Å²) >= 11 is 5.78. The van der Waals surface area contributed by atoms with Gasteiger partial charge in [-0.2, -0.15) is 0 Å². The van der Waals surface area contributed by atoms with Crippen LogP contribution in [-0.4, -0.2) is 29.2 Å². The molecule has 0 bridgehead atoms. The molecule has 0 aliphatic heterocycles. The molecule has 5 nitrogen and oxygen atoms in total. The van der Waals surface area contributed by atoms with Crippen molar-refractivity contribution >= 4 is 27.3 Å². The summed E-state index contributed by atoms with van der Waals surface area (Å²) in [5.74, 6) is 0.0494. The first-order valence-corrected chi connectivity index (χ1v) is 8.97. The molecule has 0 saturated heterocycles. The van der Waals surface area contributed by atoms with E-state index in [2.05, 4.69) is 6.58 Å². The molecular weight excluding hydrogens is 369 g/mol. The van der Waals surface area contributed by atoms with Crippen molar-refractivity contribution in [2.24, 2.45) is 0 Å². The normalized spacial score (nSPS) is 11.0. The van der Waals surface area contributed by atoms with Crippen molar-refractivity contribution in [3.63, 3.8) is 0 Å². The summed E-state index contributed by atoms with van der Waals surface area (Å²) < 4.78 is 50.8. The van der Waals surface area contributed by atoms with E-state index < -0.39 is 15.8 Å². The van der Waals surface area contributed by atoms with Gasteiger partial charge < -0.3 is 9.47 Å². The van der Waals surface area contributed by atoms with Gasteiger partial charge in [-0.25, -0.2) is 12.8 Å². The molecule has 0 spiro atoms. The SMILES string of the molecule is C=CCN(c1ccc(F)c(Cl)c1)S(=O)(=O)c1ccc(OC)c(OC)c1. The van der Waals surface area contributed by atoms with Crippen molar-refractivity contribution in [3.8, 4) is 11.5 Å². The first-order valence-electron chi connectivity index (χ1n) is 7.16. The Labute approximate surface area is 151 Å². The molecule has 134 valence electrons. The minimum absolute atomic E-state index is 0.00699. The van der Waals surface area contributed by atoms with Crippen LogP contribution in [0.5, 0.6) is 11.5 Å². The van der Waals surface area contributed by atoms with Crippen LogP contribution >= 0.6 is 11.6 Å². The Bertz CT molecular complexity index is 886. The van der Waals surface area contributed by atoms with Crippen molar-refractivity contribution in [3.05, 3.63) is 59.9 Å². The molecule has 2 aromatic carbocycles. The number of hydrogen-bond donors (Lipinski definition) is 0. The lowest BCUT2D eigenvalue weighted by molar-refractivity contribution is 0.354. The van der Waals surface area contributed by atoms with Crippen LogP contribution in [0.3, 0.4) is 0 Å². The molecule has 0 atom stereocenters. The Morgan fingerprint density at radius 3 is 2.40 bits per heavy atom. The summed E-state index contributed by atoms with van der Waals surface area (Å²) in [5, 5.41) is -0.172. The number of hydrogen-bond acceptors (Lipinski definition) is 4. The van der Waals surface area contributed by atoms with Crippen molar-refractivity contribution in [1.29, 1.82) is 0 Å². The van der Waals surface area contributed by atoms with Crippen LogP contribution in [0.4, 0.5) is 10.1 Å². The molecule has 0 radical (unpaired) electrons. The van der Waals surface area contributed by atoms with E-state index in [0.29, 0.717) is 5.75 Å². The maximum Gasteiger partial charge on any atom is 0.264 e. The van der Waals surface area contributed by atoms with Crippen molar-refractivity contribution in [2.45, 2.75) is 4.90 Å². The molecular formula is C17H17ClFNO4S. The Balaban J connectivity index is 2.56. The van der Waals surface area contributed by atoms with Gasteiger partial charge in [-0.3, -0.25) is 4.31 Å². The third-order valence-electron chi connectivity index (χ3n) is 3.43. The van der Waals surface area contributed by atoms with Gasteiger partial charge in [-0.15, -0.1) is 6.58 Å². The fraction of sp³-hybridized carbons (Fsp3) is 0.176. The lowest BCUT2D eigenvalue weighted by Crippen LogP contribution is -2.31. The second-order valence-corrected chi connectivity index (χ2v) is 7.21. The minimum atomic E-state index is -3.96. The number of nitrogens with zero attached hydrogens (tertiary/aromatic N) is 1. The lowest BCUT2D eigenvalue weighted by Gasteiger charge is -2.24. The fourth-order valence-electron chi connectivity index (χ4n) is 2.20. The summed E-state index contributed by atoms with van der Waals surface area (Å²) in [6, 6.07) is 7.95. The predicted octanol–water partition coefficient (Wildman–Crippen LogP) is 3.88. The van der Waals surface area contributed by atoms with Gasteiger partial charge in [0.05, 0.1) is 36.4 Å². The molecule has 2 rings (SSSR count). The van der Waals surface area contributed by atoms with E-state index in [-0.39, 0.29) is 27.9 Å². The van der Waals surface area contributed by atoms with E-state index >= 15 is 0 Å². The fourth-order valence-corrected chi connectivity index (χ4v) is 3.82. The maximum absolute atomic E-state index is 13.4. The van der Waals surface area contributed by atoms with E-state index in [1.165, 1.54) is 50.6 Å². The standard InChI is InChI=1S/C17H17ClFNO4S/c1-4-9-20(12-5-7-15(19)14(18)10-12)25(21,22)13-6-8-16(23-2)17(11-13)24-3/h4-8,10-11H,1,9H2,2-3H3. The first kappa shape index (κ1) is 19.1. The highest BCUT2D eigenvalue weighted by atomic mass is 35.5. The molecule has 0 aromatic heterocycles. The molecule has 0 heterocycles. The average molecular weight is 386 g/mol. The van der Waals surface area contributed by atoms with Crippen LogP contribution in [0, 0.1) is 5.82 Å². The summed E-state index contributed by atoms with van der Waals surface area (Å²) in [4.78, 5) is -0.00699. The molecule has 2 aromatic rings. The number of benzene rings is 2. The summed E-state index contributed by atoms with van der Waals surface area (Å²) in [6.45, 7) is 3.56. The zero-order valence-electron chi connectivity index (χ0n) is 13.7. The van der Waals surface area contributed by atoms with Gasteiger partial charge in [0.2, 0.25) is 0 Å². The van der Waals surface area contributed by atoms with Crippen LogP contribution in [0.2, 0.25) is 5.02 Å². The molecule has 25 heavy (non-hydrogen) atoms. The van der Waals surface area contributed by atoms with Crippen LogP contribution in [0.15, 0.2) is 53.9 Å². The van der Waals surface area contributed by atoms with Gasteiger partial charge in [0.1, 0.15) is 5.82 Å². The van der Waals surface area contributed by atoms with Crippen molar-refractivity contribution < 1.29 is 22.3 Å². The lowest BCUT2D eigenvalue weighted by atomic mass is 10.3. The van der Waals surface area contributed by atoms with Gasteiger partial charge in [-0.1, -0.05) is 17.7 Å². The zero-order valence-corrected chi connectivity index (χ0v) is 15.3. The van der Waals surface area contributed by atoms with E-state index in [4.69, 9.17) is 21.1 Å². The maximum atomic E-state index is 13.4. The van der Waals surface area contributed by atoms with Crippen molar-refractivity contribution in [2.75, 3.05) is 25.1 Å². The highest BCUT2D eigenvalue weighted by Crippen LogP contribution is 2.33. The number of anilines is 1.